The van der Waals surface area contributed by atoms with Crippen molar-refractivity contribution in [2.45, 2.75) is 32.6 Å². The molecule has 8 heteroatoms. The molecule has 0 amide bonds. The maximum Gasteiger partial charge on any atom is 0.188 e. The maximum atomic E-state index is 13.2. The molecule has 0 atom stereocenters. The molecule has 0 saturated heterocycles. The van der Waals surface area contributed by atoms with Gasteiger partial charge in [0, 0.05) is 6.07 Å². The fourth-order valence-electron chi connectivity index (χ4n) is 2.21. The standard InChI is InChI=1S/C16H18FN5O2/c1-16(2,23)9-22-15(13-7-18-10-19-13)20-14(21-22)8-24-12-5-3-4-11(17)6-12/h3-7,10,23H,8-9H2,1-2H3,(H,18,19). The molecule has 0 fully saturated rings. The van der Waals surface area contributed by atoms with Crippen LogP contribution in [-0.4, -0.2) is 35.4 Å². The molecule has 24 heavy (non-hydrogen) atoms. The largest absolute Gasteiger partial charge is 0.485 e. The van der Waals surface area contributed by atoms with Crippen LogP contribution in [0, 0.1) is 5.82 Å². The van der Waals surface area contributed by atoms with Crippen LogP contribution in [0.2, 0.25) is 0 Å². The molecule has 0 aliphatic heterocycles. The highest BCUT2D eigenvalue weighted by atomic mass is 19.1. The van der Waals surface area contributed by atoms with E-state index in [1.807, 2.05) is 0 Å². The van der Waals surface area contributed by atoms with Crippen molar-refractivity contribution >= 4 is 0 Å². The van der Waals surface area contributed by atoms with Gasteiger partial charge in [0.1, 0.15) is 23.9 Å². The van der Waals surface area contributed by atoms with Crippen LogP contribution >= 0.6 is 0 Å². The number of benzene rings is 1. The third kappa shape index (κ3) is 3.96. The second-order valence-electron chi connectivity index (χ2n) is 6.03. The zero-order valence-electron chi connectivity index (χ0n) is 13.4. The van der Waals surface area contributed by atoms with Gasteiger partial charge in [-0.1, -0.05) is 6.07 Å². The fourth-order valence-corrected chi connectivity index (χ4v) is 2.21. The number of ether oxygens (including phenoxy) is 1. The first-order chi connectivity index (χ1) is 11.4. The highest BCUT2D eigenvalue weighted by molar-refractivity contribution is 5.47. The minimum Gasteiger partial charge on any atom is -0.485 e. The second kappa shape index (κ2) is 6.40. The third-order valence-electron chi connectivity index (χ3n) is 3.16. The summed E-state index contributed by atoms with van der Waals surface area (Å²) in [7, 11) is 0. The van der Waals surface area contributed by atoms with E-state index in [4.69, 9.17) is 4.74 Å². The first-order valence-corrected chi connectivity index (χ1v) is 7.44. The molecule has 7 nitrogen and oxygen atoms in total. The lowest BCUT2D eigenvalue weighted by Crippen LogP contribution is -2.27. The van der Waals surface area contributed by atoms with Crippen LogP contribution in [0.5, 0.6) is 5.75 Å². The van der Waals surface area contributed by atoms with Crippen molar-refractivity contribution in [3.63, 3.8) is 0 Å². The van der Waals surface area contributed by atoms with Crippen molar-refractivity contribution in [1.29, 1.82) is 0 Å². The van der Waals surface area contributed by atoms with Crippen LogP contribution < -0.4 is 4.74 Å². The summed E-state index contributed by atoms with van der Waals surface area (Å²) < 4.78 is 20.3. The van der Waals surface area contributed by atoms with E-state index in [1.165, 1.54) is 12.1 Å². The Balaban J connectivity index is 1.82. The number of rotatable bonds is 6. The Hall–Kier alpha value is -2.74. The third-order valence-corrected chi connectivity index (χ3v) is 3.16. The second-order valence-corrected chi connectivity index (χ2v) is 6.03. The molecule has 3 rings (SSSR count). The number of hydrogen-bond acceptors (Lipinski definition) is 5. The molecule has 126 valence electrons. The molecule has 0 aliphatic carbocycles. The van der Waals surface area contributed by atoms with Crippen LogP contribution in [0.25, 0.3) is 11.5 Å². The summed E-state index contributed by atoms with van der Waals surface area (Å²) >= 11 is 0. The van der Waals surface area contributed by atoms with Gasteiger partial charge in [0.2, 0.25) is 0 Å². The molecular weight excluding hydrogens is 313 g/mol. The van der Waals surface area contributed by atoms with E-state index >= 15 is 0 Å². The lowest BCUT2D eigenvalue weighted by molar-refractivity contribution is 0.0579. The summed E-state index contributed by atoms with van der Waals surface area (Å²) in [6.07, 6.45) is 3.17. The van der Waals surface area contributed by atoms with Crippen molar-refractivity contribution in [3.05, 3.63) is 48.4 Å². The van der Waals surface area contributed by atoms with Gasteiger partial charge >= 0.3 is 0 Å². The van der Waals surface area contributed by atoms with Crippen molar-refractivity contribution in [3.8, 4) is 17.3 Å². The molecule has 0 radical (unpaired) electrons. The molecule has 2 aromatic heterocycles. The number of halogens is 1. The smallest absolute Gasteiger partial charge is 0.188 e. The Morgan fingerprint density at radius 1 is 1.38 bits per heavy atom. The van der Waals surface area contributed by atoms with E-state index < -0.39 is 5.60 Å². The van der Waals surface area contributed by atoms with Crippen molar-refractivity contribution in [1.82, 2.24) is 24.7 Å². The SMILES string of the molecule is CC(C)(O)Cn1nc(COc2cccc(F)c2)nc1-c1cnc[nH]1. The van der Waals surface area contributed by atoms with Crippen LogP contribution in [-0.2, 0) is 13.2 Å². The molecule has 0 aliphatic rings. The van der Waals surface area contributed by atoms with Crippen LogP contribution in [0.3, 0.4) is 0 Å². The maximum absolute atomic E-state index is 13.2. The zero-order valence-corrected chi connectivity index (χ0v) is 13.4. The summed E-state index contributed by atoms with van der Waals surface area (Å²) in [6.45, 7) is 3.72. The Morgan fingerprint density at radius 2 is 2.21 bits per heavy atom. The molecule has 0 saturated carbocycles. The quantitative estimate of drug-likeness (QED) is 0.722. The molecule has 2 heterocycles. The Labute approximate surface area is 138 Å². The van der Waals surface area contributed by atoms with E-state index in [0.717, 1.165) is 0 Å². The summed E-state index contributed by atoms with van der Waals surface area (Å²) in [6, 6.07) is 5.87. The van der Waals surface area contributed by atoms with Gasteiger partial charge in [-0.2, -0.15) is 5.10 Å². The number of nitrogens with zero attached hydrogens (tertiary/aromatic N) is 4. The van der Waals surface area contributed by atoms with Gasteiger partial charge in [0.05, 0.1) is 24.7 Å². The summed E-state index contributed by atoms with van der Waals surface area (Å²) in [4.78, 5) is 11.4. The van der Waals surface area contributed by atoms with Gasteiger partial charge in [-0.05, 0) is 26.0 Å². The Bertz CT molecular complexity index is 808. The molecule has 1 aromatic carbocycles. The molecule has 0 spiro atoms. The highest BCUT2D eigenvalue weighted by Gasteiger charge is 2.20. The van der Waals surface area contributed by atoms with Crippen LogP contribution in [0.1, 0.15) is 19.7 Å². The van der Waals surface area contributed by atoms with Gasteiger partial charge in [-0.3, -0.25) is 0 Å². The molecule has 0 unspecified atom stereocenters. The lowest BCUT2D eigenvalue weighted by Gasteiger charge is -2.17. The van der Waals surface area contributed by atoms with Crippen LogP contribution in [0.4, 0.5) is 4.39 Å². The monoisotopic (exact) mass is 331 g/mol. The first-order valence-electron chi connectivity index (χ1n) is 7.44. The summed E-state index contributed by atoms with van der Waals surface area (Å²) in [5.74, 6) is 1.00. The van der Waals surface area contributed by atoms with Gasteiger partial charge in [0.25, 0.3) is 0 Å². The normalized spacial score (nSPS) is 11.7. The number of imidazole rings is 1. The van der Waals surface area contributed by atoms with E-state index in [9.17, 15) is 9.50 Å². The first kappa shape index (κ1) is 16.1. The minimum absolute atomic E-state index is 0.0868. The summed E-state index contributed by atoms with van der Waals surface area (Å²) in [5.41, 5.74) is -0.271. The van der Waals surface area contributed by atoms with Crippen molar-refractivity contribution < 1.29 is 14.2 Å². The van der Waals surface area contributed by atoms with Crippen molar-refractivity contribution in [2.75, 3.05) is 0 Å². The van der Waals surface area contributed by atoms with Crippen LogP contribution in [0.15, 0.2) is 36.8 Å². The number of aromatic amines is 1. The number of nitrogens with one attached hydrogen (secondary N) is 1. The molecule has 3 aromatic rings. The zero-order chi connectivity index (χ0) is 17.2. The van der Waals surface area contributed by atoms with Gasteiger partial charge in [-0.15, -0.1) is 0 Å². The topological polar surface area (TPSA) is 88.8 Å². The van der Waals surface area contributed by atoms with Gasteiger partial charge in [0.15, 0.2) is 11.6 Å². The number of H-pyrrole nitrogens is 1. The average molecular weight is 331 g/mol. The minimum atomic E-state index is -0.955. The summed E-state index contributed by atoms with van der Waals surface area (Å²) in [5, 5.41) is 14.4. The Morgan fingerprint density at radius 3 is 2.88 bits per heavy atom. The van der Waals surface area contributed by atoms with E-state index in [2.05, 4.69) is 20.1 Å². The predicted molar refractivity (Wildman–Crippen MR) is 84.6 cm³/mol. The van der Waals surface area contributed by atoms with E-state index in [0.29, 0.717) is 23.1 Å². The molecule has 0 bridgehead atoms. The number of hydrogen-bond donors (Lipinski definition) is 2. The highest BCUT2D eigenvalue weighted by Crippen LogP contribution is 2.18. The lowest BCUT2D eigenvalue weighted by atomic mass is 10.1. The average Bonchev–Trinajstić information content (AvgIpc) is 3.13. The number of aliphatic hydroxyl groups is 1. The van der Waals surface area contributed by atoms with Gasteiger partial charge in [-0.25, -0.2) is 19.0 Å². The van der Waals surface area contributed by atoms with E-state index in [-0.39, 0.29) is 19.0 Å². The fraction of sp³-hybridized carbons (Fsp3) is 0.312. The molecule has 2 N–H and O–H groups in total. The predicted octanol–water partition coefficient (Wildman–Crippen LogP) is 2.16. The number of aromatic nitrogens is 5. The molecular formula is C16H18FN5O2. The Kier molecular flexibility index (Phi) is 4.30. The van der Waals surface area contributed by atoms with Crippen molar-refractivity contribution in [2.24, 2.45) is 0 Å². The van der Waals surface area contributed by atoms with Gasteiger partial charge < -0.3 is 14.8 Å². The van der Waals surface area contributed by atoms with E-state index in [1.54, 1.807) is 43.2 Å².